The van der Waals surface area contributed by atoms with Gasteiger partial charge in [0.25, 0.3) is 0 Å². The predicted molar refractivity (Wildman–Crippen MR) is 83.7 cm³/mol. The highest BCUT2D eigenvalue weighted by atomic mass is 79.9. The summed E-state index contributed by atoms with van der Waals surface area (Å²) in [7, 11) is 0. The molecule has 1 aliphatic rings. The topological polar surface area (TPSA) is 29.1 Å². The highest BCUT2D eigenvalue weighted by molar-refractivity contribution is 9.09. The predicted octanol–water partition coefficient (Wildman–Crippen LogP) is 4.69. The molecule has 1 amide bonds. The Labute approximate surface area is 124 Å². The summed E-state index contributed by atoms with van der Waals surface area (Å²) in [5, 5.41) is 2.87. The Morgan fingerprint density at radius 1 is 1.37 bits per heavy atom. The highest BCUT2D eigenvalue weighted by Crippen LogP contribution is 2.38. The third-order valence-corrected chi connectivity index (χ3v) is 5.06. The first kappa shape index (κ1) is 14.6. The molecule has 2 unspecified atom stereocenters. The largest absolute Gasteiger partial charge is 0.326 e. The molecule has 1 aromatic carbocycles. The molecular weight excluding hydrogens is 302 g/mol. The number of rotatable bonds is 3. The van der Waals surface area contributed by atoms with E-state index >= 15 is 0 Å². The van der Waals surface area contributed by atoms with Crippen LogP contribution in [0.3, 0.4) is 0 Å². The van der Waals surface area contributed by atoms with E-state index in [0.717, 1.165) is 17.7 Å². The number of hydrogen-bond acceptors (Lipinski definition) is 1. The Kier molecular flexibility index (Phi) is 4.05. The minimum Gasteiger partial charge on any atom is -0.326 e. The zero-order valence-corrected chi connectivity index (χ0v) is 13.7. The van der Waals surface area contributed by atoms with Crippen molar-refractivity contribution in [1.82, 2.24) is 0 Å². The minimum atomic E-state index is 0.0985. The molecule has 1 aromatic rings. The van der Waals surface area contributed by atoms with Gasteiger partial charge in [-0.05, 0) is 34.9 Å². The van der Waals surface area contributed by atoms with Crippen molar-refractivity contribution < 1.29 is 4.79 Å². The maximum absolute atomic E-state index is 11.4. The van der Waals surface area contributed by atoms with Crippen LogP contribution in [-0.4, -0.2) is 5.91 Å². The molecule has 104 valence electrons. The lowest BCUT2D eigenvalue weighted by molar-refractivity contribution is -0.115. The average Bonchev–Trinajstić information content (AvgIpc) is 2.66. The first-order valence-electron chi connectivity index (χ1n) is 6.84. The van der Waals surface area contributed by atoms with Crippen molar-refractivity contribution in [2.45, 2.75) is 45.4 Å². The van der Waals surface area contributed by atoms with Crippen LogP contribution in [0.2, 0.25) is 0 Å². The van der Waals surface area contributed by atoms with Crippen LogP contribution < -0.4 is 5.32 Å². The van der Waals surface area contributed by atoms with Gasteiger partial charge in [0.15, 0.2) is 0 Å². The Hall–Kier alpha value is -0.830. The van der Waals surface area contributed by atoms with E-state index in [9.17, 15) is 4.79 Å². The van der Waals surface area contributed by atoms with Gasteiger partial charge in [0.05, 0.1) is 6.42 Å². The number of hydrogen-bond donors (Lipinski definition) is 1. The lowest BCUT2D eigenvalue weighted by Gasteiger charge is -2.29. The summed E-state index contributed by atoms with van der Waals surface area (Å²) in [5.41, 5.74) is 3.68. The SMILES string of the molecule is CC(CC(Br)c1ccc2c(c1)CC(=O)N2)C(C)(C)C. The van der Waals surface area contributed by atoms with Crippen molar-refractivity contribution in [2.24, 2.45) is 11.3 Å². The van der Waals surface area contributed by atoms with Crippen molar-refractivity contribution in [3.05, 3.63) is 29.3 Å². The fraction of sp³-hybridized carbons (Fsp3) is 0.562. The van der Waals surface area contributed by atoms with Crippen molar-refractivity contribution in [3.63, 3.8) is 0 Å². The Bertz CT molecular complexity index is 490. The molecule has 0 aromatic heterocycles. The van der Waals surface area contributed by atoms with Gasteiger partial charge >= 0.3 is 0 Å². The van der Waals surface area contributed by atoms with E-state index in [1.807, 2.05) is 6.07 Å². The van der Waals surface area contributed by atoms with Crippen LogP contribution in [0.25, 0.3) is 0 Å². The Balaban J connectivity index is 2.11. The monoisotopic (exact) mass is 323 g/mol. The van der Waals surface area contributed by atoms with Gasteiger partial charge in [0.1, 0.15) is 0 Å². The van der Waals surface area contributed by atoms with Gasteiger partial charge in [-0.15, -0.1) is 0 Å². The Morgan fingerprint density at radius 3 is 2.68 bits per heavy atom. The number of alkyl halides is 1. The number of fused-ring (bicyclic) bond motifs is 1. The summed E-state index contributed by atoms with van der Waals surface area (Å²) in [4.78, 5) is 11.7. The second-order valence-electron chi connectivity index (χ2n) is 6.61. The fourth-order valence-electron chi connectivity index (χ4n) is 2.24. The van der Waals surface area contributed by atoms with Crippen LogP contribution >= 0.6 is 15.9 Å². The van der Waals surface area contributed by atoms with Gasteiger partial charge in [-0.2, -0.15) is 0 Å². The van der Waals surface area contributed by atoms with Crippen LogP contribution in [0.4, 0.5) is 5.69 Å². The summed E-state index contributed by atoms with van der Waals surface area (Å²) in [6.45, 7) is 9.14. The van der Waals surface area contributed by atoms with Crippen LogP contribution in [0, 0.1) is 11.3 Å². The Morgan fingerprint density at radius 2 is 2.05 bits per heavy atom. The molecule has 19 heavy (non-hydrogen) atoms. The van der Waals surface area contributed by atoms with E-state index in [1.54, 1.807) is 0 Å². The number of anilines is 1. The van der Waals surface area contributed by atoms with E-state index in [-0.39, 0.29) is 5.91 Å². The maximum Gasteiger partial charge on any atom is 0.228 e. The molecule has 1 aliphatic heterocycles. The lowest BCUT2D eigenvalue weighted by atomic mass is 9.79. The van der Waals surface area contributed by atoms with Crippen molar-refractivity contribution in [3.8, 4) is 0 Å². The second-order valence-corrected chi connectivity index (χ2v) is 7.72. The summed E-state index contributed by atoms with van der Waals surface area (Å²) < 4.78 is 0. The van der Waals surface area contributed by atoms with Crippen LogP contribution in [-0.2, 0) is 11.2 Å². The summed E-state index contributed by atoms with van der Waals surface area (Å²) in [5.74, 6) is 0.728. The fourth-order valence-corrected chi connectivity index (χ4v) is 3.09. The van der Waals surface area contributed by atoms with Gasteiger partial charge in [-0.25, -0.2) is 0 Å². The molecular formula is C16H22BrNO. The van der Waals surface area contributed by atoms with Crippen LogP contribution in [0.5, 0.6) is 0 Å². The average molecular weight is 324 g/mol. The zero-order valence-electron chi connectivity index (χ0n) is 12.1. The summed E-state index contributed by atoms with van der Waals surface area (Å²) in [6, 6.07) is 6.28. The third-order valence-electron chi connectivity index (χ3n) is 4.15. The number of carbonyl (C=O) groups is 1. The molecule has 0 aliphatic carbocycles. The molecule has 1 heterocycles. The van der Waals surface area contributed by atoms with E-state index < -0.39 is 0 Å². The molecule has 0 saturated carbocycles. The first-order valence-corrected chi connectivity index (χ1v) is 7.75. The molecule has 2 atom stereocenters. The quantitative estimate of drug-likeness (QED) is 0.803. The number of carbonyl (C=O) groups excluding carboxylic acids is 1. The smallest absolute Gasteiger partial charge is 0.228 e. The second kappa shape index (κ2) is 5.28. The van der Waals surface area contributed by atoms with Crippen LogP contribution in [0.15, 0.2) is 18.2 Å². The molecule has 0 fully saturated rings. The maximum atomic E-state index is 11.4. The first-order chi connectivity index (χ1) is 8.77. The van der Waals surface area contributed by atoms with Crippen molar-refractivity contribution in [1.29, 1.82) is 0 Å². The van der Waals surface area contributed by atoms with E-state index in [2.05, 4.69) is 61.1 Å². The molecule has 2 nitrogen and oxygen atoms in total. The van der Waals surface area contributed by atoms with Crippen LogP contribution in [0.1, 0.15) is 50.1 Å². The molecule has 0 spiro atoms. The molecule has 1 N–H and O–H groups in total. The normalized spacial score (nSPS) is 17.8. The van der Waals surface area contributed by atoms with Crippen molar-refractivity contribution >= 4 is 27.5 Å². The number of amides is 1. The summed E-state index contributed by atoms with van der Waals surface area (Å²) >= 11 is 3.80. The van der Waals surface area contributed by atoms with Gasteiger partial charge < -0.3 is 5.32 Å². The van der Waals surface area contributed by atoms with Gasteiger partial charge in [-0.1, -0.05) is 55.8 Å². The van der Waals surface area contributed by atoms with E-state index in [4.69, 9.17) is 0 Å². The summed E-state index contributed by atoms with van der Waals surface area (Å²) in [6.07, 6.45) is 1.61. The molecule has 0 bridgehead atoms. The van der Waals surface area contributed by atoms with Crippen molar-refractivity contribution in [2.75, 3.05) is 5.32 Å². The van der Waals surface area contributed by atoms with E-state index in [0.29, 0.717) is 22.6 Å². The van der Waals surface area contributed by atoms with Gasteiger partial charge in [-0.3, -0.25) is 4.79 Å². The lowest BCUT2D eigenvalue weighted by Crippen LogP contribution is -2.18. The zero-order chi connectivity index (χ0) is 14.2. The number of halogens is 1. The number of nitrogens with one attached hydrogen (secondary N) is 1. The molecule has 0 saturated heterocycles. The van der Waals surface area contributed by atoms with Gasteiger partial charge in [0.2, 0.25) is 5.91 Å². The minimum absolute atomic E-state index is 0.0985. The molecule has 3 heteroatoms. The number of benzene rings is 1. The standard InChI is InChI=1S/C16H22BrNO/c1-10(16(2,3)4)7-13(17)11-5-6-14-12(8-11)9-15(19)18-14/h5-6,8,10,13H,7,9H2,1-4H3,(H,18,19). The third kappa shape index (κ3) is 3.38. The van der Waals surface area contributed by atoms with Gasteiger partial charge in [0, 0.05) is 10.5 Å². The molecule has 2 rings (SSSR count). The van der Waals surface area contributed by atoms with E-state index in [1.165, 1.54) is 5.56 Å². The molecule has 0 radical (unpaired) electrons. The highest BCUT2D eigenvalue weighted by Gasteiger charge is 2.24.